The van der Waals surface area contributed by atoms with E-state index in [0.717, 1.165) is 12.0 Å². The van der Waals surface area contributed by atoms with Crippen molar-refractivity contribution < 1.29 is 18.4 Å². The molecule has 2 aromatic rings. The highest BCUT2D eigenvalue weighted by Crippen LogP contribution is 2.18. The van der Waals surface area contributed by atoms with Crippen LogP contribution >= 0.6 is 0 Å². The number of carbonyl (C=O) groups excluding carboxylic acids is 2. The van der Waals surface area contributed by atoms with Crippen molar-refractivity contribution in [1.29, 1.82) is 0 Å². The molecule has 0 spiro atoms. The topological polar surface area (TPSA) is 49.4 Å². The highest BCUT2D eigenvalue weighted by molar-refractivity contribution is 5.82. The summed E-state index contributed by atoms with van der Waals surface area (Å²) in [4.78, 5) is 26.6. The summed E-state index contributed by atoms with van der Waals surface area (Å²) >= 11 is 0. The standard InChI is InChI=1S/C21H22F2N2O2/c22-18-9-7-15(8-10-18)12-20(26)25-11-3-5-17(14-25)21(27)24-13-16-4-1-2-6-19(16)23/h1-2,4,6-10,17H,3,5,11-14H2,(H,24,27). The van der Waals surface area contributed by atoms with Gasteiger partial charge in [-0.15, -0.1) is 0 Å². The van der Waals surface area contributed by atoms with Gasteiger partial charge in [-0.1, -0.05) is 30.3 Å². The van der Waals surface area contributed by atoms with Crippen LogP contribution in [0.4, 0.5) is 8.78 Å². The Bertz CT molecular complexity index is 808. The predicted molar refractivity (Wildman–Crippen MR) is 97.7 cm³/mol. The van der Waals surface area contributed by atoms with E-state index in [1.807, 2.05) is 0 Å². The van der Waals surface area contributed by atoms with Gasteiger partial charge < -0.3 is 10.2 Å². The van der Waals surface area contributed by atoms with Gasteiger partial charge in [0.05, 0.1) is 12.3 Å². The lowest BCUT2D eigenvalue weighted by Crippen LogP contribution is -2.45. The number of benzene rings is 2. The van der Waals surface area contributed by atoms with Crippen LogP contribution in [0.2, 0.25) is 0 Å². The first-order chi connectivity index (χ1) is 13.0. The summed E-state index contributed by atoms with van der Waals surface area (Å²) in [5, 5.41) is 2.77. The highest BCUT2D eigenvalue weighted by Gasteiger charge is 2.28. The van der Waals surface area contributed by atoms with Gasteiger partial charge in [-0.2, -0.15) is 0 Å². The Labute approximate surface area is 157 Å². The van der Waals surface area contributed by atoms with E-state index >= 15 is 0 Å². The molecule has 142 valence electrons. The summed E-state index contributed by atoms with van der Waals surface area (Å²) in [5.41, 5.74) is 1.18. The van der Waals surface area contributed by atoms with Crippen LogP contribution in [0.3, 0.4) is 0 Å². The number of piperidine rings is 1. The smallest absolute Gasteiger partial charge is 0.227 e. The lowest BCUT2D eigenvalue weighted by molar-refractivity contribution is -0.135. The summed E-state index contributed by atoms with van der Waals surface area (Å²) in [6, 6.07) is 12.2. The average Bonchev–Trinajstić information content (AvgIpc) is 2.69. The molecule has 4 nitrogen and oxygen atoms in total. The van der Waals surface area contributed by atoms with Gasteiger partial charge in [0.15, 0.2) is 0 Å². The number of nitrogens with zero attached hydrogens (tertiary/aromatic N) is 1. The fourth-order valence-electron chi connectivity index (χ4n) is 3.27. The Hall–Kier alpha value is -2.76. The molecule has 1 heterocycles. The first kappa shape index (κ1) is 19.0. The fraction of sp³-hybridized carbons (Fsp3) is 0.333. The molecule has 1 aliphatic rings. The van der Waals surface area contributed by atoms with E-state index < -0.39 is 0 Å². The van der Waals surface area contributed by atoms with Crippen molar-refractivity contribution in [3.63, 3.8) is 0 Å². The number of nitrogens with one attached hydrogen (secondary N) is 1. The second-order valence-electron chi connectivity index (χ2n) is 6.79. The first-order valence-corrected chi connectivity index (χ1v) is 9.06. The van der Waals surface area contributed by atoms with E-state index in [0.29, 0.717) is 25.1 Å². The summed E-state index contributed by atoms with van der Waals surface area (Å²) in [7, 11) is 0. The number of rotatable bonds is 5. The normalized spacial score (nSPS) is 16.8. The third-order valence-corrected chi connectivity index (χ3v) is 4.82. The molecule has 0 radical (unpaired) electrons. The highest BCUT2D eigenvalue weighted by atomic mass is 19.1. The van der Waals surface area contributed by atoms with Crippen molar-refractivity contribution in [2.45, 2.75) is 25.8 Å². The molecule has 0 aromatic heterocycles. The number of halogens is 2. The molecule has 27 heavy (non-hydrogen) atoms. The molecule has 3 rings (SSSR count). The summed E-state index contributed by atoms with van der Waals surface area (Å²) in [5.74, 6) is -1.23. The quantitative estimate of drug-likeness (QED) is 0.877. The molecular formula is C21H22F2N2O2. The van der Waals surface area contributed by atoms with Crippen LogP contribution < -0.4 is 5.32 Å². The zero-order valence-corrected chi connectivity index (χ0v) is 15.0. The summed E-state index contributed by atoms with van der Waals surface area (Å²) in [6.07, 6.45) is 1.63. The molecular weight excluding hydrogens is 350 g/mol. The zero-order valence-electron chi connectivity index (χ0n) is 15.0. The molecule has 6 heteroatoms. The van der Waals surface area contributed by atoms with Gasteiger partial charge in [0.2, 0.25) is 11.8 Å². The Kier molecular flexibility index (Phi) is 6.16. The Morgan fingerprint density at radius 1 is 1.07 bits per heavy atom. The Morgan fingerprint density at radius 3 is 2.56 bits per heavy atom. The predicted octanol–water partition coefficient (Wildman–Crippen LogP) is 3.06. The molecule has 2 aromatic carbocycles. The second-order valence-corrected chi connectivity index (χ2v) is 6.79. The summed E-state index contributed by atoms with van der Waals surface area (Å²) in [6.45, 7) is 1.09. The number of hydrogen-bond donors (Lipinski definition) is 1. The van der Waals surface area contributed by atoms with Gasteiger partial charge in [-0.05, 0) is 36.6 Å². The van der Waals surface area contributed by atoms with Gasteiger partial charge in [0.1, 0.15) is 11.6 Å². The largest absolute Gasteiger partial charge is 0.352 e. The maximum Gasteiger partial charge on any atom is 0.227 e. The van der Waals surface area contributed by atoms with E-state index in [9.17, 15) is 18.4 Å². The maximum absolute atomic E-state index is 13.7. The minimum Gasteiger partial charge on any atom is -0.352 e. The molecule has 1 N–H and O–H groups in total. The van der Waals surface area contributed by atoms with Crippen LogP contribution in [-0.4, -0.2) is 29.8 Å². The number of likely N-dealkylation sites (tertiary alicyclic amines) is 1. The second kappa shape index (κ2) is 8.75. The molecule has 1 saturated heterocycles. The van der Waals surface area contributed by atoms with E-state index in [-0.39, 0.29) is 42.3 Å². The van der Waals surface area contributed by atoms with Crippen LogP contribution in [0.15, 0.2) is 48.5 Å². The SMILES string of the molecule is O=C(NCc1ccccc1F)C1CCCN(C(=O)Cc2ccc(F)cc2)C1. The van der Waals surface area contributed by atoms with Crippen molar-refractivity contribution >= 4 is 11.8 Å². The number of carbonyl (C=O) groups is 2. The zero-order chi connectivity index (χ0) is 19.2. The number of hydrogen-bond acceptors (Lipinski definition) is 2. The minimum atomic E-state index is -0.349. The molecule has 1 unspecified atom stereocenters. The van der Waals surface area contributed by atoms with E-state index in [1.54, 1.807) is 35.2 Å². The van der Waals surface area contributed by atoms with Gasteiger partial charge in [0.25, 0.3) is 0 Å². The summed E-state index contributed by atoms with van der Waals surface area (Å²) < 4.78 is 26.6. The average molecular weight is 372 g/mol. The molecule has 0 bridgehead atoms. The first-order valence-electron chi connectivity index (χ1n) is 9.06. The maximum atomic E-state index is 13.7. The van der Waals surface area contributed by atoms with Crippen LogP contribution in [0.1, 0.15) is 24.0 Å². The van der Waals surface area contributed by atoms with Crippen molar-refractivity contribution in [3.8, 4) is 0 Å². The minimum absolute atomic E-state index is 0.0757. The molecule has 0 aliphatic carbocycles. The van der Waals surface area contributed by atoms with Gasteiger partial charge in [0, 0.05) is 25.2 Å². The molecule has 1 fully saturated rings. The third kappa shape index (κ3) is 5.12. The van der Waals surface area contributed by atoms with Gasteiger partial charge in [-0.25, -0.2) is 8.78 Å². The van der Waals surface area contributed by atoms with Crippen molar-refractivity contribution in [2.24, 2.45) is 5.92 Å². The lowest BCUT2D eigenvalue weighted by Gasteiger charge is -2.32. The van der Waals surface area contributed by atoms with E-state index in [1.165, 1.54) is 18.2 Å². The monoisotopic (exact) mass is 372 g/mol. The van der Waals surface area contributed by atoms with Crippen LogP contribution in [0.25, 0.3) is 0 Å². The van der Waals surface area contributed by atoms with E-state index in [4.69, 9.17) is 0 Å². The fourth-order valence-corrected chi connectivity index (χ4v) is 3.27. The van der Waals surface area contributed by atoms with Crippen LogP contribution in [0, 0.1) is 17.6 Å². The Balaban J connectivity index is 1.53. The van der Waals surface area contributed by atoms with E-state index in [2.05, 4.69) is 5.32 Å². The van der Waals surface area contributed by atoms with Crippen LogP contribution in [-0.2, 0) is 22.6 Å². The van der Waals surface area contributed by atoms with Crippen molar-refractivity contribution in [3.05, 3.63) is 71.3 Å². The number of amides is 2. The lowest BCUT2D eigenvalue weighted by atomic mass is 9.96. The molecule has 2 amide bonds. The third-order valence-electron chi connectivity index (χ3n) is 4.82. The van der Waals surface area contributed by atoms with Crippen molar-refractivity contribution in [2.75, 3.05) is 13.1 Å². The molecule has 0 saturated carbocycles. The molecule has 1 atom stereocenters. The van der Waals surface area contributed by atoms with Crippen LogP contribution in [0.5, 0.6) is 0 Å². The molecule has 1 aliphatic heterocycles. The van der Waals surface area contributed by atoms with Gasteiger partial charge >= 0.3 is 0 Å². The van der Waals surface area contributed by atoms with Crippen molar-refractivity contribution in [1.82, 2.24) is 10.2 Å². The van der Waals surface area contributed by atoms with Gasteiger partial charge in [-0.3, -0.25) is 9.59 Å². The Morgan fingerprint density at radius 2 is 1.81 bits per heavy atom.